The molecule has 3 aromatic heterocycles. The lowest BCUT2D eigenvalue weighted by molar-refractivity contribution is -0.192. The van der Waals surface area contributed by atoms with Gasteiger partial charge in [0, 0.05) is 6.54 Å². The van der Waals surface area contributed by atoms with Crippen LogP contribution >= 0.6 is 0 Å². The van der Waals surface area contributed by atoms with Gasteiger partial charge in [-0.3, -0.25) is 0 Å². The molecule has 196 valence electrons. The molecule has 3 rings (SSSR count). The van der Waals surface area contributed by atoms with E-state index in [1.54, 1.807) is 20.0 Å². The minimum absolute atomic E-state index is 0.137. The molecule has 0 amide bonds. The van der Waals surface area contributed by atoms with E-state index in [0.717, 1.165) is 12.8 Å². The fourth-order valence-corrected chi connectivity index (χ4v) is 2.79. The molecule has 0 aromatic carbocycles. The number of imidazole rings is 1. The molecule has 0 saturated carbocycles. The number of nitrogen functional groups attached to an aromatic ring is 1. The van der Waals surface area contributed by atoms with Crippen molar-refractivity contribution in [2.24, 2.45) is 5.73 Å². The van der Waals surface area contributed by atoms with Gasteiger partial charge in [0.15, 0.2) is 23.1 Å². The van der Waals surface area contributed by atoms with Crippen LogP contribution in [0.2, 0.25) is 0 Å². The van der Waals surface area contributed by atoms with Crippen molar-refractivity contribution in [1.29, 1.82) is 0 Å². The molecule has 0 aliphatic rings. The first-order chi connectivity index (χ1) is 16.8. The Balaban J connectivity index is 0.000000572. The van der Waals surface area contributed by atoms with Crippen LogP contribution in [0.4, 0.5) is 19.0 Å². The number of aryl methyl sites for hydroxylation is 1. The predicted molar refractivity (Wildman–Crippen MR) is 122 cm³/mol. The third kappa shape index (κ3) is 7.30. The van der Waals surface area contributed by atoms with Gasteiger partial charge in [-0.2, -0.15) is 13.2 Å². The van der Waals surface area contributed by atoms with Crippen LogP contribution < -0.4 is 16.2 Å². The van der Waals surface area contributed by atoms with Gasteiger partial charge in [0.1, 0.15) is 22.3 Å². The second-order valence-corrected chi connectivity index (χ2v) is 7.80. The summed E-state index contributed by atoms with van der Waals surface area (Å²) in [4.78, 5) is 18.0. The zero-order valence-electron chi connectivity index (χ0n) is 19.8. The van der Waals surface area contributed by atoms with Gasteiger partial charge in [-0.05, 0) is 56.4 Å². The number of halogens is 3. The molecule has 0 bridgehead atoms. The number of aromatic nitrogens is 5. The van der Waals surface area contributed by atoms with E-state index in [1.165, 1.54) is 0 Å². The monoisotopic (exact) mass is 513 g/mol. The number of pyridine rings is 1. The minimum Gasteiger partial charge on any atom is -0.490 e. The van der Waals surface area contributed by atoms with E-state index in [1.807, 2.05) is 11.5 Å². The Labute approximate surface area is 203 Å². The molecule has 0 fully saturated rings. The highest BCUT2D eigenvalue weighted by Gasteiger charge is 2.38. The number of nitrogens with zero attached hydrogens (tertiary/aromatic N) is 5. The quantitative estimate of drug-likeness (QED) is 0.267. The van der Waals surface area contributed by atoms with Crippen LogP contribution in [0.15, 0.2) is 10.8 Å². The summed E-state index contributed by atoms with van der Waals surface area (Å²) in [6, 6.07) is 0. The van der Waals surface area contributed by atoms with Crippen LogP contribution in [0.3, 0.4) is 0 Å². The van der Waals surface area contributed by atoms with E-state index in [-0.39, 0.29) is 5.82 Å². The van der Waals surface area contributed by atoms with Gasteiger partial charge in [0.2, 0.25) is 0 Å². The highest BCUT2D eigenvalue weighted by Crippen LogP contribution is 2.33. The predicted octanol–water partition coefficient (Wildman–Crippen LogP) is 1.96. The van der Waals surface area contributed by atoms with Crippen molar-refractivity contribution in [2.45, 2.75) is 51.9 Å². The summed E-state index contributed by atoms with van der Waals surface area (Å²) < 4.78 is 44.3. The molecule has 0 saturated heterocycles. The Kier molecular flexibility index (Phi) is 9.20. The fraction of sp³-hybridized carbons (Fsp3) is 0.476. The maximum atomic E-state index is 10.6. The number of alkyl halides is 3. The number of ether oxygens (including phenoxy) is 1. The number of aliphatic hydroxyl groups is 1. The lowest BCUT2D eigenvalue weighted by Crippen LogP contribution is -2.21. The van der Waals surface area contributed by atoms with Crippen LogP contribution in [-0.4, -0.2) is 66.0 Å². The third-order valence-electron chi connectivity index (χ3n) is 4.36. The maximum absolute atomic E-state index is 10.6. The van der Waals surface area contributed by atoms with Gasteiger partial charge in [-0.15, -0.1) is 0 Å². The first kappa shape index (κ1) is 28.3. The van der Waals surface area contributed by atoms with Crippen LogP contribution in [0, 0.1) is 11.8 Å². The Morgan fingerprint density at radius 1 is 1.28 bits per heavy atom. The summed E-state index contributed by atoms with van der Waals surface area (Å²) in [5.41, 5.74) is 12.3. The smallest absolute Gasteiger partial charge is 0.490 e. The zero-order valence-corrected chi connectivity index (χ0v) is 19.8. The molecule has 0 unspecified atom stereocenters. The molecule has 6 N–H and O–H groups in total. The Hall–Kier alpha value is -3.90. The number of carbonyl (C=O) groups is 1. The molecular weight excluding hydrogens is 487 g/mol. The van der Waals surface area contributed by atoms with Crippen molar-refractivity contribution in [3.05, 3.63) is 11.9 Å². The van der Waals surface area contributed by atoms with Gasteiger partial charge >= 0.3 is 12.1 Å². The molecule has 36 heavy (non-hydrogen) atoms. The molecule has 0 aliphatic heterocycles. The highest BCUT2D eigenvalue weighted by molar-refractivity contribution is 5.89. The average molecular weight is 513 g/mol. The van der Waals surface area contributed by atoms with Gasteiger partial charge in [0.05, 0.1) is 12.8 Å². The van der Waals surface area contributed by atoms with Crippen molar-refractivity contribution in [3.8, 4) is 29.1 Å². The standard InChI is InChI=1S/C19H25N7O3.C2HF3O2/c1-4-26-16-13(28-10-6-5-9-20)11-22-12(7-8-19(2,3)27)14(16)23-18(26)15-17(21)25-29-24-15;3-2(4,5)1(6)7/h11,27H,4-6,9-10,20H2,1-3H3,(H2,21,25);(H,6,7). The van der Waals surface area contributed by atoms with Crippen LogP contribution in [-0.2, 0) is 11.3 Å². The number of anilines is 1. The number of nitrogens with two attached hydrogens (primary N) is 2. The first-order valence-corrected chi connectivity index (χ1v) is 10.7. The Morgan fingerprint density at radius 3 is 2.44 bits per heavy atom. The number of unbranched alkanes of at least 4 members (excludes halogenated alkanes) is 1. The number of hydrogen-bond acceptors (Lipinski definition) is 10. The molecule has 0 atom stereocenters. The summed E-state index contributed by atoms with van der Waals surface area (Å²) in [6.45, 7) is 6.85. The van der Waals surface area contributed by atoms with Crippen molar-refractivity contribution >= 4 is 22.8 Å². The SMILES string of the molecule is CCn1c(-c2nonc2N)nc2c(C#CC(C)(C)O)ncc(OCCCCN)c21.O=C(O)C(F)(F)F. The molecule has 0 spiro atoms. The van der Waals surface area contributed by atoms with Crippen molar-refractivity contribution in [3.63, 3.8) is 0 Å². The number of fused-ring (bicyclic) bond motifs is 1. The molecule has 15 heteroatoms. The van der Waals surface area contributed by atoms with E-state index >= 15 is 0 Å². The van der Waals surface area contributed by atoms with Crippen molar-refractivity contribution < 1.29 is 37.5 Å². The first-order valence-electron chi connectivity index (χ1n) is 10.7. The van der Waals surface area contributed by atoms with E-state index in [9.17, 15) is 18.3 Å². The van der Waals surface area contributed by atoms with E-state index < -0.39 is 17.7 Å². The van der Waals surface area contributed by atoms with Crippen molar-refractivity contribution in [1.82, 2.24) is 24.8 Å². The fourth-order valence-electron chi connectivity index (χ4n) is 2.79. The Morgan fingerprint density at radius 2 is 1.94 bits per heavy atom. The van der Waals surface area contributed by atoms with E-state index in [0.29, 0.717) is 53.7 Å². The summed E-state index contributed by atoms with van der Waals surface area (Å²) >= 11 is 0. The number of aliphatic carboxylic acids is 1. The lowest BCUT2D eigenvalue weighted by Gasteiger charge is -2.11. The van der Waals surface area contributed by atoms with Gasteiger partial charge < -0.3 is 31.0 Å². The van der Waals surface area contributed by atoms with Crippen molar-refractivity contribution in [2.75, 3.05) is 18.9 Å². The molecule has 0 radical (unpaired) electrons. The van der Waals surface area contributed by atoms with E-state index in [4.69, 9.17) is 30.7 Å². The number of hydrogen-bond donors (Lipinski definition) is 4. The third-order valence-corrected chi connectivity index (χ3v) is 4.36. The average Bonchev–Trinajstić information content (AvgIpc) is 3.38. The largest absolute Gasteiger partial charge is 0.490 e. The molecule has 12 nitrogen and oxygen atoms in total. The summed E-state index contributed by atoms with van der Waals surface area (Å²) in [7, 11) is 0. The normalized spacial score (nSPS) is 11.4. The van der Waals surface area contributed by atoms with Gasteiger partial charge in [-0.1, -0.05) is 5.92 Å². The van der Waals surface area contributed by atoms with Crippen LogP contribution in [0.1, 0.15) is 39.3 Å². The lowest BCUT2D eigenvalue weighted by atomic mass is 10.1. The molecule has 0 aliphatic carbocycles. The second kappa shape index (κ2) is 11.7. The Bertz CT molecular complexity index is 1250. The highest BCUT2D eigenvalue weighted by atomic mass is 19.4. The molecule has 3 heterocycles. The van der Waals surface area contributed by atoms with Crippen LogP contribution in [0.25, 0.3) is 22.6 Å². The minimum atomic E-state index is -5.08. The van der Waals surface area contributed by atoms with Gasteiger partial charge in [0.25, 0.3) is 0 Å². The van der Waals surface area contributed by atoms with E-state index in [2.05, 4.69) is 32.1 Å². The number of carboxylic acid groups (broad SMARTS) is 1. The number of rotatable bonds is 7. The zero-order chi connectivity index (χ0) is 27.1. The second-order valence-electron chi connectivity index (χ2n) is 7.80. The topological polar surface area (TPSA) is 188 Å². The summed E-state index contributed by atoms with van der Waals surface area (Å²) in [6.07, 6.45) is -1.78. The summed E-state index contributed by atoms with van der Waals surface area (Å²) in [5, 5.41) is 24.6. The summed E-state index contributed by atoms with van der Waals surface area (Å²) in [5.74, 6) is 4.11. The van der Waals surface area contributed by atoms with Gasteiger partial charge in [-0.25, -0.2) is 19.4 Å². The molecular formula is C21H26F3N7O5. The number of carboxylic acids is 1. The maximum Gasteiger partial charge on any atom is 0.490 e. The molecule has 3 aromatic rings. The van der Waals surface area contributed by atoms with Crippen LogP contribution in [0.5, 0.6) is 5.75 Å².